The molecule has 0 spiro atoms. The molecule has 0 aliphatic rings. The second kappa shape index (κ2) is 35.4. The Bertz CT molecular complexity index is 4700. The lowest BCUT2D eigenvalue weighted by molar-refractivity contribution is -0.138. The van der Waals surface area contributed by atoms with E-state index in [4.69, 9.17) is 27.3 Å². The molecule has 21 nitrogen and oxygen atoms in total. The number of benzene rings is 8. The van der Waals surface area contributed by atoms with Gasteiger partial charge in [-0.25, -0.2) is 18.7 Å². The fourth-order valence-corrected chi connectivity index (χ4v) is 11.2. The number of rotatable bonds is 29. The van der Waals surface area contributed by atoms with Gasteiger partial charge in [0.25, 0.3) is 32.1 Å². The number of anilines is 4. The summed E-state index contributed by atoms with van der Waals surface area (Å²) in [5.41, 5.74) is 3.87. The van der Waals surface area contributed by atoms with Gasteiger partial charge < -0.3 is 34.0 Å². The van der Waals surface area contributed by atoms with Crippen molar-refractivity contribution in [3.8, 4) is 11.4 Å². The van der Waals surface area contributed by atoms with E-state index in [0.29, 0.717) is 41.8 Å². The zero-order valence-electron chi connectivity index (χ0n) is 54.6. The van der Waals surface area contributed by atoms with Crippen LogP contribution in [-0.4, -0.2) is 141 Å². The van der Waals surface area contributed by atoms with E-state index in [1.165, 1.54) is 72.8 Å². The number of ether oxygens (including phenoxy) is 4. The Morgan fingerprint density at radius 2 is 0.921 bits per heavy atom. The average Bonchev–Trinajstić information content (AvgIpc) is 1.64. The molecule has 2 amide bonds. The van der Waals surface area contributed by atoms with Gasteiger partial charge >= 0.3 is 12.4 Å². The Morgan fingerprint density at radius 1 is 0.505 bits per heavy atom. The minimum atomic E-state index is -4.63. The van der Waals surface area contributed by atoms with Crippen LogP contribution in [0.25, 0.3) is 33.4 Å². The van der Waals surface area contributed by atoms with Crippen molar-refractivity contribution in [3.05, 3.63) is 227 Å². The molecule has 10 rings (SSSR count). The van der Waals surface area contributed by atoms with Gasteiger partial charge in [-0.3, -0.25) is 37.7 Å². The maximum atomic E-state index is 14.1. The van der Waals surface area contributed by atoms with Crippen molar-refractivity contribution in [2.75, 3.05) is 108 Å². The third-order valence-corrected chi connectivity index (χ3v) is 17.2. The predicted octanol–water partition coefficient (Wildman–Crippen LogP) is 13.0. The molecule has 101 heavy (non-hydrogen) atoms. The summed E-state index contributed by atoms with van der Waals surface area (Å²) in [7, 11) is -4.00. The topological polar surface area (TPSA) is 250 Å². The zero-order chi connectivity index (χ0) is 72.9. The van der Waals surface area contributed by atoms with Crippen molar-refractivity contribution in [1.82, 2.24) is 19.1 Å². The summed E-state index contributed by atoms with van der Waals surface area (Å²) in [5.74, 6) is -2.59. The zero-order valence-corrected chi connectivity index (χ0v) is 56.2. The van der Waals surface area contributed by atoms with Crippen LogP contribution in [0.2, 0.25) is 0 Å². The molecule has 31 heteroatoms. The van der Waals surface area contributed by atoms with Gasteiger partial charge in [0.2, 0.25) is 11.9 Å². The molecule has 0 saturated carbocycles. The number of aromatic nitrogens is 4. The third kappa shape index (κ3) is 22.0. The molecule has 0 saturated heterocycles. The molecule has 0 aliphatic carbocycles. The van der Waals surface area contributed by atoms with Crippen LogP contribution in [0.15, 0.2) is 192 Å². The second-order valence-electron chi connectivity index (χ2n) is 21.9. The summed E-state index contributed by atoms with van der Waals surface area (Å²) in [6, 6.07) is 43.2. The predicted molar refractivity (Wildman–Crippen MR) is 362 cm³/mol. The van der Waals surface area contributed by atoms with E-state index in [9.17, 15) is 66.3 Å². The molecular formula is C70H68F8N8O13S2. The Morgan fingerprint density at radius 3 is 1.37 bits per heavy atom. The van der Waals surface area contributed by atoms with Gasteiger partial charge in [-0.15, -0.1) is 0 Å². The number of halogens is 8. The minimum absolute atomic E-state index is 0.00528. The number of nitrogens with zero attached hydrogens (tertiary/aromatic N) is 5. The number of nitrogens with one attached hydrogen (secondary N) is 3. The summed E-state index contributed by atoms with van der Waals surface area (Å²) < 4.78 is 189. The molecule has 2 heterocycles. The van der Waals surface area contributed by atoms with E-state index in [1.54, 1.807) is 70.8 Å². The van der Waals surface area contributed by atoms with Gasteiger partial charge in [-0.1, -0.05) is 59.7 Å². The van der Waals surface area contributed by atoms with Crippen molar-refractivity contribution in [2.24, 2.45) is 0 Å². The lowest BCUT2D eigenvalue weighted by Gasteiger charge is -2.21. The first-order valence-electron chi connectivity index (χ1n) is 30.7. The maximum absolute atomic E-state index is 14.1. The van der Waals surface area contributed by atoms with Crippen LogP contribution in [0.4, 0.5) is 58.4 Å². The van der Waals surface area contributed by atoms with Crippen molar-refractivity contribution in [1.29, 1.82) is 0 Å². The van der Waals surface area contributed by atoms with Gasteiger partial charge in [0.1, 0.15) is 24.5 Å². The first-order valence-corrected chi connectivity index (χ1v) is 33.6. The number of aryl methyl sites for hydroxylation is 2. The molecule has 0 fully saturated rings. The van der Waals surface area contributed by atoms with Crippen LogP contribution in [0, 0.1) is 25.5 Å². The van der Waals surface area contributed by atoms with E-state index in [2.05, 4.69) is 25.9 Å². The Labute approximate surface area is 575 Å². The van der Waals surface area contributed by atoms with Crippen LogP contribution in [-0.2, 0) is 64.7 Å². The van der Waals surface area contributed by atoms with Crippen LogP contribution < -0.4 is 20.9 Å². The molecule has 534 valence electrons. The van der Waals surface area contributed by atoms with Gasteiger partial charge in [-0.2, -0.15) is 43.2 Å². The summed E-state index contributed by atoms with van der Waals surface area (Å²) in [6.07, 6.45) is -8.55. The van der Waals surface area contributed by atoms with Crippen LogP contribution in [0.5, 0.6) is 0 Å². The van der Waals surface area contributed by atoms with Gasteiger partial charge in [0.05, 0.1) is 114 Å². The summed E-state index contributed by atoms with van der Waals surface area (Å²) >= 11 is 0. The van der Waals surface area contributed by atoms with Crippen molar-refractivity contribution in [3.63, 3.8) is 0 Å². The van der Waals surface area contributed by atoms with E-state index in [-0.39, 0.29) is 103 Å². The quantitative estimate of drug-likeness (QED) is 0.0171. The summed E-state index contributed by atoms with van der Waals surface area (Å²) in [4.78, 5) is 46.5. The monoisotopic (exact) mass is 1440 g/mol. The molecule has 8 aromatic carbocycles. The summed E-state index contributed by atoms with van der Waals surface area (Å²) in [6.45, 7) is 5.65. The van der Waals surface area contributed by atoms with Gasteiger partial charge in [0.15, 0.2) is 0 Å². The standard InChI is InChI=1S/C35H34F4N4O6S.C22H16F4N4O.C13H18O6S/c1-24-9-12-30(13-10-24)50(45,46)49-20-19-48-18-17-47-16-15-42(2)28-7-4-8-29(23-28)43-32-14-11-27(36)22-31(32)40-34(43)41-33(44)25-5-3-6-26(21-25)35(37,38)39;1-27-16-6-3-7-17(12-16)30-19-9-8-15(23)11-18(19)28-21(30)29-20(31)13-4-2-5-14(10-13)22(24,25)26;1-12-2-4-13(5-3-12)20(15,16)19-11-10-18-9-8-17-7-6-14/h3-14,21-23H,15-20H2,1-2H3,(H,40,41,44);2-12,27H,1H3,(H,28,29,31);2-6H,7-11H2,1H3. The number of likely N-dealkylation sites (N-methyl/N-ethyl adjacent to an activating group) is 1. The Hall–Kier alpha value is -9.99. The molecule has 0 unspecified atom stereocenters. The summed E-state index contributed by atoms with van der Waals surface area (Å²) in [5, 5.41) is 8.14. The van der Waals surface area contributed by atoms with Gasteiger partial charge in [-0.05, 0) is 135 Å². The SMILES string of the molecule is CNc1cccc(-n2c(NC(=O)c3cccc(C(F)(F)F)c3)nc3cc(F)ccc32)c1.Cc1ccc(S(=O)(=O)OCCOCCOCC=O)cc1.Cc1ccc(S(=O)(=O)OCCOCCOCCN(C)c2cccc(-n3c(NC(=O)c4cccc(C(F)(F)F)c4)nc4cc(F)ccc43)c2)cc1. The first kappa shape index (κ1) is 76.8. The molecule has 0 aliphatic heterocycles. The number of amides is 2. The van der Waals surface area contributed by atoms with Crippen molar-refractivity contribution in [2.45, 2.75) is 36.0 Å². The number of aldehydes is 1. The highest BCUT2D eigenvalue weighted by Crippen LogP contribution is 2.34. The largest absolute Gasteiger partial charge is 0.416 e. The molecular weight excluding hydrogens is 1380 g/mol. The lowest BCUT2D eigenvalue weighted by atomic mass is 10.1. The number of carbonyl (C=O) groups excluding carboxylic acids is 3. The fourth-order valence-electron chi connectivity index (χ4n) is 9.44. The van der Waals surface area contributed by atoms with Crippen LogP contribution in [0.3, 0.4) is 0 Å². The molecule has 2 aromatic heterocycles. The first-order chi connectivity index (χ1) is 48.1. The second-order valence-corrected chi connectivity index (χ2v) is 25.1. The smallest absolute Gasteiger partial charge is 0.388 e. The maximum Gasteiger partial charge on any atom is 0.416 e. The minimum Gasteiger partial charge on any atom is -0.388 e. The highest BCUT2D eigenvalue weighted by Gasteiger charge is 2.33. The molecule has 0 radical (unpaired) electrons. The van der Waals surface area contributed by atoms with E-state index in [0.717, 1.165) is 58.9 Å². The fraction of sp³-hybridized carbons (Fsp3) is 0.243. The van der Waals surface area contributed by atoms with Gasteiger partial charge in [0, 0.05) is 55.3 Å². The highest BCUT2D eigenvalue weighted by molar-refractivity contribution is 7.87. The van der Waals surface area contributed by atoms with Crippen molar-refractivity contribution >= 4 is 83.7 Å². The Kier molecular flexibility index (Phi) is 26.9. The number of fused-ring (bicyclic) bond motifs is 2. The van der Waals surface area contributed by atoms with E-state index >= 15 is 0 Å². The third-order valence-electron chi connectivity index (χ3n) is 14.6. The molecule has 0 atom stereocenters. The molecule has 3 N–H and O–H groups in total. The van der Waals surface area contributed by atoms with Crippen LogP contribution in [0.1, 0.15) is 43.0 Å². The number of hydrogen-bond donors (Lipinski definition) is 3. The van der Waals surface area contributed by atoms with E-state index in [1.807, 2.05) is 44.0 Å². The average molecular weight is 1450 g/mol. The van der Waals surface area contributed by atoms with Crippen molar-refractivity contribution < 1.29 is 93.7 Å². The molecule has 0 bridgehead atoms. The lowest BCUT2D eigenvalue weighted by Crippen LogP contribution is -2.23. The number of carbonyl (C=O) groups is 3. The van der Waals surface area contributed by atoms with E-state index < -0.39 is 67.2 Å². The normalized spacial score (nSPS) is 11.7. The Balaban J connectivity index is 0.000000215. The number of alkyl halides is 6. The number of imidazole rings is 2. The molecule has 10 aromatic rings. The highest BCUT2D eigenvalue weighted by atomic mass is 32.2. The van der Waals surface area contributed by atoms with Crippen LogP contribution >= 0.6 is 0 Å². The number of hydrogen-bond acceptors (Lipinski definition) is 17.